The van der Waals surface area contributed by atoms with Gasteiger partial charge < -0.3 is 5.32 Å². The zero-order valence-electron chi connectivity index (χ0n) is 14.2. The van der Waals surface area contributed by atoms with E-state index in [1.165, 1.54) is 12.1 Å². The summed E-state index contributed by atoms with van der Waals surface area (Å²) in [7, 11) is 0. The summed E-state index contributed by atoms with van der Waals surface area (Å²) in [5, 5.41) is 5.96. The van der Waals surface area contributed by atoms with E-state index in [9.17, 15) is 9.18 Å². The molecule has 1 aliphatic carbocycles. The third-order valence-corrected chi connectivity index (χ3v) is 5.93. The summed E-state index contributed by atoms with van der Waals surface area (Å²) in [4.78, 5) is 17.4. The van der Waals surface area contributed by atoms with Crippen molar-refractivity contribution in [2.24, 2.45) is 0 Å². The topological polar surface area (TPSA) is 42.0 Å². The summed E-state index contributed by atoms with van der Waals surface area (Å²) in [6.07, 6.45) is 5.38. The van der Waals surface area contributed by atoms with E-state index in [0.717, 1.165) is 47.5 Å². The van der Waals surface area contributed by atoms with Gasteiger partial charge in [0.1, 0.15) is 10.8 Å². The van der Waals surface area contributed by atoms with Gasteiger partial charge in [-0.2, -0.15) is 0 Å². The molecule has 132 valence electrons. The molecule has 0 bridgehead atoms. The molecule has 5 heteroatoms. The molecule has 0 aliphatic heterocycles. The number of halogens is 1. The molecule has 1 amide bonds. The van der Waals surface area contributed by atoms with Crippen molar-refractivity contribution in [2.45, 2.75) is 31.1 Å². The SMILES string of the molecule is O=C(Nc1ccc(-c2nccs2)cc1)C1(c2ccc(F)cc2)CCCC1. The molecule has 26 heavy (non-hydrogen) atoms. The summed E-state index contributed by atoms with van der Waals surface area (Å²) < 4.78 is 13.3. The molecule has 0 unspecified atom stereocenters. The van der Waals surface area contributed by atoms with E-state index in [2.05, 4.69) is 10.3 Å². The smallest absolute Gasteiger partial charge is 0.235 e. The highest BCUT2D eigenvalue weighted by atomic mass is 32.1. The highest BCUT2D eigenvalue weighted by Crippen LogP contribution is 2.42. The first-order valence-electron chi connectivity index (χ1n) is 8.75. The molecule has 1 heterocycles. The summed E-state index contributed by atoms with van der Waals surface area (Å²) in [5.74, 6) is -0.288. The fraction of sp³-hybridized carbons (Fsp3) is 0.238. The number of carbonyl (C=O) groups is 1. The Morgan fingerprint density at radius 1 is 1.04 bits per heavy atom. The maximum atomic E-state index is 13.3. The van der Waals surface area contributed by atoms with E-state index < -0.39 is 5.41 Å². The van der Waals surface area contributed by atoms with Crippen LogP contribution in [-0.2, 0) is 10.2 Å². The maximum Gasteiger partial charge on any atom is 0.235 e. The molecule has 1 N–H and O–H groups in total. The van der Waals surface area contributed by atoms with Crippen molar-refractivity contribution in [3.8, 4) is 10.6 Å². The van der Waals surface area contributed by atoms with Gasteiger partial charge in [0, 0.05) is 22.8 Å². The van der Waals surface area contributed by atoms with Crippen molar-refractivity contribution < 1.29 is 9.18 Å². The van der Waals surface area contributed by atoms with Crippen LogP contribution >= 0.6 is 11.3 Å². The number of amides is 1. The Morgan fingerprint density at radius 2 is 1.73 bits per heavy atom. The van der Waals surface area contributed by atoms with Crippen molar-refractivity contribution in [3.63, 3.8) is 0 Å². The number of nitrogens with zero attached hydrogens (tertiary/aromatic N) is 1. The van der Waals surface area contributed by atoms with Crippen LogP contribution in [0, 0.1) is 5.82 Å². The van der Waals surface area contributed by atoms with Gasteiger partial charge >= 0.3 is 0 Å². The number of rotatable bonds is 4. The van der Waals surface area contributed by atoms with E-state index in [4.69, 9.17) is 0 Å². The number of carbonyl (C=O) groups excluding carboxylic acids is 1. The minimum atomic E-state index is -0.568. The van der Waals surface area contributed by atoms with E-state index >= 15 is 0 Å². The molecule has 2 aromatic carbocycles. The van der Waals surface area contributed by atoms with Crippen LogP contribution in [0.3, 0.4) is 0 Å². The zero-order valence-corrected chi connectivity index (χ0v) is 15.1. The van der Waals surface area contributed by atoms with Crippen molar-refractivity contribution in [2.75, 3.05) is 5.32 Å². The lowest BCUT2D eigenvalue weighted by Crippen LogP contribution is -2.38. The molecule has 1 fully saturated rings. The molecule has 0 saturated heterocycles. The molecular formula is C21H19FN2OS. The molecule has 1 aromatic heterocycles. The molecule has 3 aromatic rings. The monoisotopic (exact) mass is 366 g/mol. The lowest BCUT2D eigenvalue weighted by Gasteiger charge is -2.28. The van der Waals surface area contributed by atoms with Gasteiger partial charge in [0.2, 0.25) is 5.91 Å². The molecule has 0 spiro atoms. The van der Waals surface area contributed by atoms with Gasteiger partial charge in [-0.15, -0.1) is 11.3 Å². The Hall–Kier alpha value is -2.53. The Bertz CT molecular complexity index is 883. The van der Waals surface area contributed by atoms with Gasteiger partial charge in [-0.1, -0.05) is 25.0 Å². The maximum absolute atomic E-state index is 13.3. The highest BCUT2D eigenvalue weighted by molar-refractivity contribution is 7.13. The average molecular weight is 366 g/mol. The van der Waals surface area contributed by atoms with Crippen LogP contribution in [0.25, 0.3) is 10.6 Å². The van der Waals surface area contributed by atoms with Gasteiger partial charge in [0.15, 0.2) is 0 Å². The van der Waals surface area contributed by atoms with E-state index in [-0.39, 0.29) is 11.7 Å². The molecule has 1 aliphatic rings. The molecule has 4 rings (SSSR count). The van der Waals surface area contributed by atoms with Crippen LogP contribution in [0.1, 0.15) is 31.2 Å². The van der Waals surface area contributed by atoms with Gasteiger partial charge in [-0.05, 0) is 54.8 Å². The fourth-order valence-electron chi connectivity index (χ4n) is 3.71. The Labute approximate surface area is 155 Å². The largest absolute Gasteiger partial charge is 0.325 e. The number of anilines is 1. The first kappa shape index (κ1) is 16.9. The second-order valence-corrected chi connectivity index (χ2v) is 7.56. The van der Waals surface area contributed by atoms with Gasteiger partial charge in [-0.3, -0.25) is 4.79 Å². The minimum absolute atomic E-state index is 0.0105. The number of aromatic nitrogens is 1. The van der Waals surface area contributed by atoms with Crippen LogP contribution in [-0.4, -0.2) is 10.9 Å². The second kappa shape index (κ2) is 7.00. The second-order valence-electron chi connectivity index (χ2n) is 6.66. The lowest BCUT2D eigenvalue weighted by atomic mass is 9.78. The molecular weight excluding hydrogens is 347 g/mol. The normalized spacial score (nSPS) is 15.7. The summed E-state index contributed by atoms with van der Waals surface area (Å²) in [6.45, 7) is 0. The third-order valence-electron chi connectivity index (χ3n) is 5.11. The number of nitrogens with one attached hydrogen (secondary N) is 1. The minimum Gasteiger partial charge on any atom is -0.325 e. The van der Waals surface area contributed by atoms with Crippen LogP contribution < -0.4 is 5.32 Å². The predicted molar refractivity (Wildman–Crippen MR) is 103 cm³/mol. The summed E-state index contributed by atoms with van der Waals surface area (Å²) >= 11 is 1.58. The first-order chi connectivity index (χ1) is 12.7. The molecule has 0 radical (unpaired) electrons. The molecule has 3 nitrogen and oxygen atoms in total. The highest BCUT2D eigenvalue weighted by Gasteiger charge is 2.42. The first-order valence-corrected chi connectivity index (χ1v) is 9.63. The standard InChI is InChI=1S/C21H19FN2OS/c22-17-7-5-16(6-8-17)21(11-1-2-12-21)20(25)24-18-9-3-15(4-10-18)19-23-13-14-26-19/h3-10,13-14H,1-2,11-12H2,(H,24,25). The van der Waals surface area contributed by atoms with Crippen LogP contribution in [0.15, 0.2) is 60.1 Å². The van der Waals surface area contributed by atoms with Gasteiger partial charge in [0.25, 0.3) is 0 Å². The number of hydrogen-bond acceptors (Lipinski definition) is 3. The predicted octanol–water partition coefficient (Wildman–Crippen LogP) is 5.40. The Kier molecular flexibility index (Phi) is 4.55. The number of hydrogen-bond donors (Lipinski definition) is 1. The van der Waals surface area contributed by atoms with Crippen LogP contribution in [0.2, 0.25) is 0 Å². The van der Waals surface area contributed by atoms with Gasteiger partial charge in [0.05, 0.1) is 5.41 Å². The van der Waals surface area contributed by atoms with E-state index in [0.29, 0.717) is 0 Å². The summed E-state index contributed by atoms with van der Waals surface area (Å²) in [5.41, 5.74) is 2.13. The fourth-order valence-corrected chi connectivity index (χ4v) is 4.35. The van der Waals surface area contributed by atoms with Gasteiger partial charge in [-0.25, -0.2) is 9.37 Å². The summed E-state index contributed by atoms with van der Waals surface area (Å²) in [6, 6.07) is 14.1. The van der Waals surface area contributed by atoms with Crippen molar-refractivity contribution >= 4 is 22.9 Å². The van der Waals surface area contributed by atoms with Crippen molar-refractivity contribution in [3.05, 3.63) is 71.5 Å². The number of thiazole rings is 1. The van der Waals surface area contributed by atoms with Crippen molar-refractivity contribution in [1.29, 1.82) is 0 Å². The zero-order chi connectivity index (χ0) is 18.0. The molecule has 0 atom stereocenters. The quantitative estimate of drug-likeness (QED) is 0.672. The van der Waals surface area contributed by atoms with Crippen LogP contribution in [0.5, 0.6) is 0 Å². The van der Waals surface area contributed by atoms with Crippen LogP contribution in [0.4, 0.5) is 10.1 Å². The third kappa shape index (κ3) is 3.15. The van der Waals surface area contributed by atoms with E-state index in [1.807, 2.05) is 29.6 Å². The average Bonchev–Trinajstić information content (AvgIpc) is 3.36. The van der Waals surface area contributed by atoms with Crippen molar-refractivity contribution in [1.82, 2.24) is 4.98 Å². The molecule has 1 saturated carbocycles. The Morgan fingerprint density at radius 3 is 2.35 bits per heavy atom. The lowest BCUT2D eigenvalue weighted by molar-refractivity contribution is -0.121. The number of benzene rings is 2. The Balaban J connectivity index is 1.56. The van der Waals surface area contributed by atoms with E-state index in [1.54, 1.807) is 29.7 Å².